The van der Waals surface area contributed by atoms with Crippen LogP contribution in [-0.4, -0.2) is 19.8 Å². The molecule has 0 aromatic heterocycles. The fourth-order valence-corrected chi connectivity index (χ4v) is 8.42. The van der Waals surface area contributed by atoms with Crippen LogP contribution >= 0.6 is 0 Å². The summed E-state index contributed by atoms with van der Waals surface area (Å²) in [4.78, 5) is 0. The Morgan fingerprint density at radius 2 is 0.542 bits per heavy atom. The van der Waals surface area contributed by atoms with E-state index < -0.39 is 0 Å². The molecule has 0 atom stereocenters. The van der Waals surface area contributed by atoms with Gasteiger partial charge in [0.05, 0.1) is 12.9 Å². The number of benzene rings is 6. The minimum atomic E-state index is 0.664. The Morgan fingerprint density at radius 3 is 0.931 bits per heavy atom. The van der Waals surface area contributed by atoms with Crippen molar-refractivity contribution in [3.8, 4) is 23.0 Å². The minimum Gasteiger partial charge on any atom is -0.493 e. The van der Waals surface area contributed by atoms with E-state index >= 15 is 0 Å². The largest absolute Gasteiger partial charge is 0.493 e. The molecule has 4 heteroatoms. The van der Waals surface area contributed by atoms with E-state index in [9.17, 15) is 0 Å². The second kappa shape index (κ2) is 44.0. The van der Waals surface area contributed by atoms with Gasteiger partial charge in [-0.05, 0) is 165 Å². The molecule has 0 saturated heterocycles. The van der Waals surface area contributed by atoms with Crippen LogP contribution in [0, 0.1) is 0 Å². The SMILES string of the molecule is C1=COc2ccccc2C1.CC.CC.CC.CC.CC.CC.c1ccc2c(c1)CCC2.c1ccc2c(c1)CCCC2.c1ccc2c(c1)CCCCC2.c1ccc2c(c1)CCCO2.c1ccc2c(c1)OCCO2. The molecule has 72 heavy (non-hydrogen) atoms. The van der Waals surface area contributed by atoms with E-state index in [4.69, 9.17) is 18.9 Å². The zero-order chi connectivity index (χ0) is 52.9. The quantitative estimate of drug-likeness (QED) is 0.142. The Morgan fingerprint density at radius 1 is 0.250 bits per heavy atom. The highest BCUT2D eigenvalue weighted by atomic mass is 16.6. The van der Waals surface area contributed by atoms with E-state index in [1.807, 2.05) is 144 Å². The molecule has 6 aromatic rings. The standard InChI is InChI=1S/C11H14.C10H12.C9H10O.C9H8O.C9H10.C8H8O2.6C2H6/c1-2-6-10-8-4-5-9-11(10)7-3-1;1-2-6-10-8-4-3-7-9(10)5-1;2*1-2-6-9-8(4-1)5-3-7-10-9;1-2-5-9-7-3-6-8(9)4-1;1-2-4-8-7(3-1)9-5-6-10-8;6*1-2/h4-5,8-9H,1-3,6-7H2;1-2,5-6H,3-4,7-8H2;1-2,4,6H,3,5,7H2;1-4,6-7H,5H2;1-2,4-5H,3,6-7H2;1-4H,5-6H2;6*1-2H3. The number of fused-ring (bicyclic) bond motifs is 6. The molecule has 3 heterocycles. The third-order valence-corrected chi connectivity index (χ3v) is 11.7. The molecule has 0 bridgehead atoms. The predicted octanol–water partition coefficient (Wildman–Crippen LogP) is 19.5. The summed E-state index contributed by atoms with van der Waals surface area (Å²) < 4.78 is 21.3. The van der Waals surface area contributed by atoms with Crippen molar-refractivity contribution in [2.75, 3.05) is 19.8 Å². The molecule has 3 aliphatic carbocycles. The Hall–Kier alpha value is -5.74. The van der Waals surface area contributed by atoms with Crippen LogP contribution in [0.15, 0.2) is 158 Å². The van der Waals surface area contributed by atoms with Crippen molar-refractivity contribution in [2.24, 2.45) is 0 Å². The second-order valence-corrected chi connectivity index (χ2v) is 15.9. The third kappa shape index (κ3) is 24.6. The number of allylic oxidation sites excluding steroid dienone is 1. The van der Waals surface area contributed by atoms with Crippen molar-refractivity contribution >= 4 is 0 Å². The Balaban J connectivity index is 0.000000414. The number of hydrogen-bond donors (Lipinski definition) is 0. The first-order valence-corrected chi connectivity index (χ1v) is 28.5. The van der Waals surface area contributed by atoms with E-state index in [1.54, 1.807) is 39.6 Å². The van der Waals surface area contributed by atoms with Crippen LogP contribution in [0.5, 0.6) is 23.0 Å². The first-order chi connectivity index (χ1) is 35.8. The van der Waals surface area contributed by atoms with Crippen LogP contribution in [-0.2, 0) is 51.4 Å². The lowest BCUT2D eigenvalue weighted by molar-refractivity contribution is 0.171. The number of ether oxygens (including phenoxy) is 4. The zero-order valence-corrected chi connectivity index (χ0v) is 47.4. The fraction of sp³-hybridized carbons (Fsp3) is 0.441. The van der Waals surface area contributed by atoms with Gasteiger partial charge in [0.15, 0.2) is 11.5 Å². The van der Waals surface area contributed by atoms with E-state index in [0.29, 0.717) is 13.2 Å². The molecule has 0 saturated carbocycles. The van der Waals surface area contributed by atoms with Gasteiger partial charge < -0.3 is 18.9 Å². The van der Waals surface area contributed by atoms with E-state index in [0.717, 1.165) is 42.4 Å². The number of para-hydroxylation sites is 4. The van der Waals surface area contributed by atoms with Gasteiger partial charge in [0, 0.05) is 0 Å². The smallest absolute Gasteiger partial charge is 0.161 e. The van der Waals surface area contributed by atoms with Crippen molar-refractivity contribution in [2.45, 2.75) is 179 Å². The lowest BCUT2D eigenvalue weighted by Gasteiger charge is -2.17. The molecule has 6 aliphatic rings. The molecular formula is C68H98O4. The van der Waals surface area contributed by atoms with Gasteiger partial charge in [-0.1, -0.05) is 211 Å². The van der Waals surface area contributed by atoms with Gasteiger partial charge in [-0.25, -0.2) is 0 Å². The molecule has 3 aliphatic heterocycles. The minimum absolute atomic E-state index is 0.664. The molecule has 12 rings (SSSR count). The highest BCUT2D eigenvalue weighted by molar-refractivity contribution is 5.40. The Labute approximate surface area is 441 Å². The van der Waals surface area contributed by atoms with Gasteiger partial charge in [0.25, 0.3) is 0 Å². The summed E-state index contributed by atoms with van der Waals surface area (Å²) in [7, 11) is 0. The van der Waals surface area contributed by atoms with Gasteiger partial charge in [-0.3, -0.25) is 0 Å². The number of aryl methyl sites for hydroxylation is 7. The van der Waals surface area contributed by atoms with E-state index in [1.165, 1.54) is 94.6 Å². The summed E-state index contributed by atoms with van der Waals surface area (Å²) in [6.45, 7) is 26.2. The van der Waals surface area contributed by atoms with Crippen molar-refractivity contribution in [3.05, 3.63) is 202 Å². The maximum Gasteiger partial charge on any atom is 0.161 e. The lowest BCUT2D eigenvalue weighted by Crippen LogP contribution is -2.14. The third-order valence-electron chi connectivity index (χ3n) is 11.7. The lowest BCUT2D eigenvalue weighted by atomic mass is 9.92. The van der Waals surface area contributed by atoms with Gasteiger partial charge in [0.2, 0.25) is 0 Å². The first-order valence-electron chi connectivity index (χ1n) is 28.5. The van der Waals surface area contributed by atoms with E-state index in [2.05, 4.69) is 91.0 Å². The molecule has 0 unspecified atom stereocenters. The van der Waals surface area contributed by atoms with Gasteiger partial charge in [-0.2, -0.15) is 0 Å². The number of rotatable bonds is 0. The summed E-state index contributed by atoms with van der Waals surface area (Å²) in [5.74, 6) is 3.78. The van der Waals surface area contributed by atoms with Crippen LogP contribution in [0.1, 0.15) is 173 Å². The molecular weight excluding hydrogens is 881 g/mol. The molecule has 0 radical (unpaired) electrons. The molecule has 0 fully saturated rings. The summed E-state index contributed by atoms with van der Waals surface area (Å²) >= 11 is 0. The van der Waals surface area contributed by atoms with Crippen molar-refractivity contribution in [1.29, 1.82) is 0 Å². The average molecular weight is 980 g/mol. The van der Waals surface area contributed by atoms with Crippen molar-refractivity contribution < 1.29 is 18.9 Å². The highest BCUT2D eigenvalue weighted by Gasteiger charge is 2.10. The normalized spacial score (nSPS) is 13.5. The molecule has 6 aromatic carbocycles. The van der Waals surface area contributed by atoms with Crippen LogP contribution in [0.3, 0.4) is 0 Å². The van der Waals surface area contributed by atoms with Crippen molar-refractivity contribution in [3.63, 3.8) is 0 Å². The fourth-order valence-electron chi connectivity index (χ4n) is 8.42. The number of hydrogen-bond acceptors (Lipinski definition) is 4. The zero-order valence-electron chi connectivity index (χ0n) is 47.4. The van der Waals surface area contributed by atoms with Crippen LogP contribution < -0.4 is 18.9 Å². The Bertz CT molecular complexity index is 1950. The van der Waals surface area contributed by atoms with Gasteiger partial charge in [0.1, 0.15) is 24.7 Å². The molecule has 0 N–H and O–H groups in total. The second-order valence-electron chi connectivity index (χ2n) is 15.9. The topological polar surface area (TPSA) is 36.9 Å². The monoisotopic (exact) mass is 979 g/mol. The summed E-state index contributed by atoms with van der Waals surface area (Å²) in [5.41, 5.74) is 12.1. The average Bonchev–Trinajstić information content (AvgIpc) is 3.86. The van der Waals surface area contributed by atoms with Crippen molar-refractivity contribution in [1.82, 2.24) is 0 Å². The van der Waals surface area contributed by atoms with Crippen LogP contribution in [0.4, 0.5) is 0 Å². The summed E-state index contributed by atoms with van der Waals surface area (Å²) in [5, 5.41) is 0. The first kappa shape index (κ1) is 64.3. The summed E-state index contributed by atoms with van der Waals surface area (Å²) in [6.07, 6.45) is 23.2. The predicted molar refractivity (Wildman–Crippen MR) is 315 cm³/mol. The van der Waals surface area contributed by atoms with Gasteiger partial charge in [-0.15, -0.1) is 0 Å². The molecule has 0 amide bonds. The molecule has 0 spiro atoms. The molecule has 394 valence electrons. The van der Waals surface area contributed by atoms with Gasteiger partial charge >= 0.3 is 0 Å². The van der Waals surface area contributed by atoms with E-state index in [-0.39, 0.29) is 0 Å². The van der Waals surface area contributed by atoms with Crippen LogP contribution in [0.25, 0.3) is 0 Å². The van der Waals surface area contributed by atoms with Crippen LogP contribution in [0.2, 0.25) is 0 Å². The maximum atomic E-state index is 5.42. The molecule has 4 nitrogen and oxygen atoms in total. The Kier molecular flexibility index (Phi) is 39.3. The highest BCUT2D eigenvalue weighted by Crippen LogP contribution is 2.29. The summed E-state index contributed by atoms with van der Waals surface area (Å²) in [6, 6.07) is 50.4. The maximum absolute atomic E-state index is 5.42.